The van der Waals surface area contributed by atoms with Crippen LogP contribution in [0.3, 0.4) is 0 Å². The molecule has 2 heterocycles. The van der Waals surface area contributed by atoms with Crippen LogP contribution in [-0.2, 0) is 78.4 Å². The molecule has 1 aliphatic rings. The van der Waals surface area contributed by atoms with Gasteiger partial charge in [0.15, 0.2) is 0 Å². The van der Waals surface area contributed by atoms with Gasteiger partial charge in [-0.25, -0.2) is 4.79 Å². The maximum absolute atomic E-state index is 16.2. The van der Waals surface area contributed by atoms with Gasteiger partial charge in [-0.05, 0) is 141 Å². The van der Waals surface area contributed by atoms with Gasteiger partial charge in [0.25, 0.3) is 11.8 Å². The fourth-order valence-corrected chi connectivity index (χ4v) is 12.2. The van der Waals surface area contributed by atoms with E-state index in [0.717, 1.165) is 10.8 Å². The lowest BCUT2D eigenvalue weighted by Gasteiger charge is -2.36. The number of likely N-dealkylation sites (tertiary alicyclic amines) is 1. The van der Waals surface area contributed by atoms with Crippen molar-refractivity contribution in [3.05, 3.63) is 143 Å². The minimum absolute atomic E-state index is 0.0252. The van der Waals surface area contributed by atoms with E-state index in [0.29, 0.717) is 70.8 Å². The van der Waals surface area contributed by atoms with E-state index in [9.17, 15) is 43.8 Å². The van der Waals surface area contributed by atoms with Gasteiger partial charge in [0.1, 0.15) is 60.1 Å². The summed E-state index contributed by atoms with van der Waals surface area (Å²) in [5, 5.41) is 48.8. The molecule has 1 aromatic heterocycles. The van der Waals surface area contributed by atoms with Crippen LogP contribution < -0.4 is 65.1 Å². The number of nitrogens with one attached hydrogen (secondary N) is 9. The molecule has 0 saturated carbocycles. The van der Waals surface area contributed by atoms with Gasteiger partial charge in [-0.1, -0.05) is 112 Å². The normalized spacial score (nSPS) is 15.3. The number of aliphatic hydroxyl groups is 1. The SMILES string of the molecule is CC(=O)N[C@H](Cc1ccc2ccccc2c1)C(=O)N[C@H](Cc1ccc(Cl)cc1)C(=O)N[C@H](Cc1cccnc1)C(=O)N(C(=O)[C@H](CC(C)C)NC(=O)[C@H](N)CCCCNC(N)=O)[C@@H](CO)C(=O)N[C@@H](Cc1ccc(O)cc1)C(=O)N[C@@H](CCCCNC(C)C)C(=O)N1CCC[C@H]1C(=O)N[C@H](C)C(N)=O. The average Bonchev–Trinajstić information content (AvgIpc) is 1.07. The Balaban J connectivity index is 1.45. The molecular weight excluding hydrogens is 1360 g/mol. The third-order valence-electron chi connectivity index (χ3n) is 17.6. The van der Waals surface area contributed by atoms with Crippen molar-refractivity contribution in [1.82, 2.24) is 62.6 Å². The van der Waals surface area contributed by atoms with Crippen LogP contribution >= 0.6 is 11.6 Å². The van der Waals surface area contributed by atoms with Gasteiger partial charge in [0.2, 0.25) is 53.2 Å². The number of imide groups is 1. The van der Waals surface area contributed by atoms with Crippen LogP contribution in [0.25, 0.3) is 10.8 Å². The molecule has 13 amide bonds. The summed E-state index contributed by atoms with van der Waals surface area (Å²) < 4.78 is 0. The number of urea groups is 1. The summed E-state index contributed by atoms with van der Waals surface area (Å²) in [6, 6.07) is 12.2. The third-order valence-corrected chi connectivity index (χ3v) is 17.8. The lowest BCUT2D eigenvalue weighted by molar-refractivity contribution is -0.157. The molecule has 5 aromatic rings. The van der Waals surface area contributed by atoms with Crippen LogP contribution in [0.4, 0.5) is 4.79 Å². The van der Waals surface area contributed by atoms with E-state index in [1.54, 1.807) is 50.2 Å². The molecule has 30 heteroatoms. The molecule has 0 spiro atoms. The minimum atomic E-state index is -2.31. The number of amides is 13. The Labute approximate surface area is 610 Å². The molecule has 1 aliphatic heterocycles. The predicted molar refractivity (Wildman–Crippen MR) is 390 cm³/mol. The zero-order chi connectivity index (χ0) is 76.2. The fourth-order valence-electron chi connectivity index (χ4n) is 12.1. The van der Waals surface area contributed by atoms with Crippen molar-refractivity contribution in [3.8, 4) is 5.75 Å². The monoisotopic (exact) mass is 1460 g/mol. The average molecular weight is 1460 g/mol. The largest absolute Gasteiger partial charge is 0.508 e. The first-order valence-electron chi connectivity index (χ1n) is 35.1. The van der Waals surface area contributed by atoms with Gasteiger partial charge in [-0.3, -0.25) is 62.6 Å². The second kappa shape index (κ2) is 41.3. The number of halogens is 1. The smallest absolute Gasteiger partial charge is 0.312 e. The van der Waals surface area contributed by atoms with Crippen molar-refractivity contribution in [2.24, 2.45) is 23.1 Å². The Morgan fingerprint density at radius 2 is 1.14 bits per heavy atom. The van der Waals surface area contributed by atoms with Gasteiger partial charge < -0.3 is 80.2 Å². The van der Waals surface area contributed by atoms with Gasteiger partial charge in [0.05, 0.1) is 12.6 Å². The Bertz CT molecular complexity index is 3760. The summed E-state index contributed by atoms with van der Waals surface area (Å²) in [4.78, 5) is 178. The van der Waals surface area contributed by atoms with E-state index >= 15 is 24.0 Å². The first-order chi connectivity index (χ1) is 49.5. The maximum Gasteiger partial charge on any atom is 0.312 e. The minimum Gasteiger partial charge on any atom is -0.508 e. The second-order valence-electron chi connectivity index (χ2n) is 26.9. The standard InChI is InChI=1S/C74H100ClN15O14/c1-43(2)35-60(87-65(95)55(76)18-9-11-33-81-74(78)104)72(102)90(63(42-91)70(100)86-59(38-48-24-29-54(93)30-25-48)67(97)84-56(19-10-12-32-80-44(3)4)71(101)89-34-14-20-62(89)69(99)82-45(5)64(77)94)73(103)61(40-50-15-13-31-79-41-50)88-68(98)58(37-47-22-27-53(75)28-23-47)85-66(96)57(83-46(6)92)39-49-21-26-51-16-7-8-17-52(51)36-49/h7-8,13,15-17,21-31,36,41,43-45,55-63,80,91,93H,9-12,14,18-20,32-35,37-40,42,76H2,1-6H3,(H2,77,94)(H,82,99)(H,83,92)(H,84,97)(H,85,96)(H,86,100)(H,87,95)(H,88,98)(H3,78,81,104)/t45-,55-,56+,57-,58-,59+,60+,61-,62+,63+/m1/s1. The Morgan fingerprint density at radius 3 is 1.74 bits per heavy atom. The van der Waals surface area contributed by atoms with Gasteiger partial charge >= 0.3 is 6.03 Å². The van der Waals surface area contributed by atoms with E-state index in [-0.39, 0.29) is 69.8 Å². The Hall–Kier alpha value is -10.1. The number of hydrogen-bond acceptors (Lipinski definition) is 17. The number of aromatic hydroxyl groups is 1. The number of fused-ring (bicyclic) bond motifs is 1. The number of primary amides is 2. The molecule has 29 nitrogen and oxygen atoms in total. The van der Waals surface area contributed by atoms with E-state index in [2.05, 4.69) is 52.8 Å². The molecule has 0 unspecified atom stereocenters. The van der Waals surface area contributed by atoms with E-state index < -0.39 is 150 Å². The number of carbonyl (C=O) groups excluding carboxylic acids is 12. The van der Waals surface area contributed by atoms with Crippen molar-refractivity contribution >= 4 is 93.4 Å². The topological polar surface area (TPSA) is 451 Å². The summed E-state index contributed by atoms with van der Waals surface area (Å²) >= 11 is 6.31. The summed E-state index contributed by atoms with van der Waals surface area (Å²) in [6.07, 6.45) is 3.67. The van der Waals surface area contributed by atoms with Gasteiger partial charge in [-0.2, -0.15) is 0 Å². The van der Waals surface area contributed by atoms with Crippen LogP contribution in [0.2, 0.25) is 5.02 Å². The molecule has 562 valence electrons. The van der Waals surface area contributed by atoms with Crippen LogP contribution in [0.1, 0.15) is 122 Å². The number of carbonyl (C=O) groups is 12. The number of phenolic OH excluding ortho intramolecular Hbond substituents is 1. The molecule has 0 bridgehead atoms. The molecule has 0 radical (unpaired) electrons. The highest BCUT2D eigenvalue weighted by atomic mass is 35.5. The zero-order valence-corrected chi connectivity index (χ0v) is 60.4. The highest BCUT2D eigenvalue weighted by molar-refractivity contribution is 6.30. The highest BCUT2D eigenvalue weighted by Gasteiger charge is 2.45. The van der Waals surface area contributed by atoms with Crippen molar-refractivity contribution in [1.29, 1.82) is 0 Å². The number of rotatable bonds is 40. The molecule has 0 aliphatic carbocycles. The number of aliphatic hydroxyl groups excluding tert-OH is 1. The number of nitrogens with two attached hydrogens (primary N) is 3. The molecular formula is C74H100ClN15O14. The number of unbranched alkanes of at least 4 members (excludes halogenated alkanes) is 2. The number of benzene rings is 4. The van der Waals surface area contributed by atoms with Crippen LogP contribution in [0.15, 0.2) is 116 Å². The number of phenols is 1. The summed E-state index contributed by atoms with van der Waals surface area (Å²) in [7, 11) is 0. The van der Waals surface area contributed by atoms with Crippen molar-refractivity contribution in [2.45, 2.75) is 191 Å². The summed E-state index contributed by atoms with van der Waals surface area (Å²) in [5.41, 5.74) is 18.9. The van der Waals surface area contributed by atoms with Crippen LogP contribution in [0, 0.1) is 5.92 Å². The summed E-state index contributed by atoms with van der Waals surface area (Å²) in [5.74, 6) is -10.9. The number of aromatic nitrogens is 1. The second-order valence-corrected chi connectivity index (χ2v) is 27.3. The fraction of sp³-hybridized carbons (Fsp3) is 0.473. The summed E-state index contributed by atoms with van der Waals surface area (Å²) in [6.45, 7) is 9.39. The maximum atomic E-state index is 16.2. The van der Waals surface area contributed by atoms with Crippen LogP contribution in [-0.4, -0.2) is 189 Å². The van der Waals surface area contributed by atoms with Crippen molar-refractivity contribution in [3.63, 3.8) is 0 Å². The molecule has 4 aromatic carbocycles. The first kappa shape index (κ1) is 82.9. The molecule has 1 fully saturated rings. The van der Waals surface area contributed by atoms with Crippen molar-refractivity contribution < 1.29 is 67.7 Å². The molecule has 1 saturated heterocycles. The Morgan fingerprint density at radius 1 is 0.596 bits per heavy atom. The molecule has 104 heavy (non-hydrogen) atoms. The predicted octanol–water partition coefficient (Wildman–Crippen LogP) is 1.87. The third kappa shape index (κ3) is 26.3. The lowest BCUT2D eigenvalue weighted by Crippen LogP contribution is -2.66. The number of pyridine rings is 1. The Kier molecular flexibility index (Phi) is 32.9. The van der Waals surface area contributed by atoms with Crippen LogP contribution in [0.5, 0.6) is 5.75 Å². The lowest BCUT2D eigenvalue weighted by atomic mass is 9.98. The number of nitrogens with zero attached hydrogens (tertiary/aromatic N) is 3. The van der Waals surface area contributed by atoms with Gasteiger partial charge in [-0.15, -0.1) is 0 Å². The molecule has 10 atom stereocenters. The first-order valence-corrected chi connectivity index (χ1v) is 35.5. The molecule has 6 rings (SSSR count). The quantitative estimate of drug-likeness (QED) is 0.0249. The van der Waals surface area contributed by atoms with Crippen molar-refractivity contribution in [2.75, 3.05) is 26.2 Å². The van der Waals surface area contributed by atoms with Gasteiger partial charge in [0, 0.05) is 69.2 Å². The van der Waals surface area contributed by atoms with E-state index in [1.807, 2.05) is 50.2 Å². The zero-order valence-electron chi connectivity index (χ0n) is 59.7. The number of hydrogen-bond donors (Lipinski definition) is 14. The molecule has 17 N–H and O–H groups in total. The van der Waals surface area contributed by atoms with E-state index in [4.69, 9.17) is 28.8 Å². The van der Waals surface area contributed by atoms with E-state index in [1.165, 1.54) is 61.5 Å². The highest BCUT2D eigenvalue weighted by Crippen LogP contribution is 2.24.